The van der Waals surface area contributed by atoms with Crippen LogP contribution in [0.1, 0.15) is 44.7 Å². The van der Waals surface area contributed by atoms with Gasteiger partial charge < -0.3 is 5.73 Å². The molecule has 4 heteroatoms. The maximum absolute atomic E-state index is 5.78. The summed E-state index contributed by atoms with van der Waals surface area (Å²) in [6.45, 7) is 5.26. The molecule has 0 aromatic carbocycles. The fourth-order valence-corrected chi connectivity index (χ4v) is 1.98. The summed E-state index contributed by atoms with van der Waals surface area (Å²) < 4.78 is 1.99. The normalized spacial score (nSPS) is 17.4. The zero-order valence-corrected chi connectivity index (χ0v) is 8.90. The second-order valence-electron chi connectivity index (χ2n) is 4.49. The first-order chi connectivity index (χ1) is 6.68. The maximum Gasteiger partial charge on any atom is 0.169 e. The average molecular weight is 194 g/mol. The molecule has 2 N–H and O–H groups in total. The first kappa shape index (κ1) is 9.49. The molecule has 0 aliphatic heterocycles. The van der Waals surface area contributed by atoms with Crippen molar-refractivity contribution in [3.8, 4) is 0 Å². The van der Waals surface area contributed by atoms with E-state index in [1.165, 1.54) is 19.3 Å². The van der Waals surface area contributed by atoms with Crippen LogP contribution in [0.15, 0.2) is 0 Å². The third kappa shape index (κ3) is 1.61. The highest BCUT2D eigenvalue weighted by atomic mass is 15.4. The van der Waals surface area contributed by atoms with Crippen LogP contribution in [0.25, 0.3) is 0 Å². The SMILES string of the molecule is CC(C)c1c(N)nnn1CC1CCC1. The lowest BCUT2D eigenvalue weighted by atomic mass is 9.85. The van der Waals surface area contributed by atoms with E-state index in [1.807, 2.05) is 4.68 Å². The second-order valence-corrected chi connectivity index (χ2v) is 4.49. The summed E-state index contributed by atoms with van der Waals surface area (Å²) >= 11 is 0. The Hall–Kier alpha value is -1.06. The minimum atomic E-state index is 0.407. The molecule has 2 rings (SSSR count). The van der Waals surface area contributed by atoms with Crippen molar-refractivity contribution in [1.82, 2.24) is 15.0 Å². The maximum atomic E-state index is 5.78. The van der Waals surface area contributed by atoms with Gasteiger partial charge in [-0.1, -0.05) is 25.5 Å². The minimum absolute atomic E-state index is 0.407. The van der Waals surface area contributed by atoms with Crippen molar-refractivity contribution in [2.24, 2.45) is 5.92 Å². The van der Waals surface area contributed by atoms with Crippen molar-refractivity contribution in [2.75, 3.05) is 5.73 Å². The molecule has 1 fully saturated rings. The highest BCUT2D eigenvalue weighted by Gasteiger charge is 2.21. The van der Waals surface area contributed by atoms with Gasteiger partial charge in [-0.3, -0.25) is 0 Å². The number of nitrogen functional groups attached to an aromatic ring is 1. The summed E-state index contributed by atoms with van der Waals surface area (Å²) in [7, 11) is 0. The van der Waals surface area contributed by atoms with Crippen molar-refractivity contribution < 1.29 is 0 Å². The standard InChI is InChI=1S/C10H18N4/c1-7(2)9-10(11)12-13-14(9)6-8-4-3-5-8/h7-8H,3-6,11H2,1-2H3. The largest absolute Gasteiger partial charge is 0.381 e. The molecular weight excluding hydrogens is 176 g/mol. The topological polar surface area (TPSA) is 56.7 Å². The Bertz CT molecular complexity index is 312. The quantitative estimate of drug-likeness (QED) is 0.798. The van der Waals surface area contributed by atoms with E-state index in [1.54, 1.807) is 0 Å². The molecule has 1 heterocycles. The Kier molecular flexibility index (Phi) is 2.44. The molecule has 0 spiro atoms. The fourth-order valence-electron chi connectivity index (χ4n) is 1.98. The van der Waals surface area contributed by atoms with Crippen molar-refractivity contribution >= 4 is 5.82 Å². The summed E-state index contributed by atoms with van der Waals surface area (Å²) in [5, 5.41) is 8.04. The van der Waals surface area contributed by atoms with Crippen molar-refractivity contribution in [1.29, 1.82) is 0 Å². The number of hydrogen-bond acceptors (Lipinski definition) is 3. The van der Waals surface area contributed by atoms with Crippen LogP contribution in [0.2, 0.25) is 0 Å². The number of nitrogens with zero attached hydrogens (tertiary/aromatic N) is 3. The van der Waals surface area contributed by atoms with Crippen LogP contribution in [0.5, 0.6) is 0 Å². The molecule has 14 heavy (non-hydrogen) atoms. The minimum Gasteiger partial charge on any atom is -0.381 e. The van der Waals surface area contributed by atoms with E-state index in [0.717, 1.165) is 18.2 Å². The number of hydrogen-bond donors (Lipinski definition) is 1. The van der Waals surface area contributed by atoms with E-state index >= 15 is 0 Å². The molecule has 0 amide bonds. The first-order valence-corrected chi connectivity index (χ1v) is 5.37. The van der Waals surface area contributed by atoms with Gasteiger partial charge >= 0.3 is 0 Å². The van der Waals surface area contributed by atoms with E-state index in [-0.39, 0.29) is 0 Å². The third-order valence-corrected chi connectivity index (χ3v) is 3.00. The van der Waals surface area contributed by atoms with E-state index in [2.05, 4.69) is 24.2 Å². The van der Waals surface area contributed by atoms with E-state index in [4.69, 9.17) is 5.73 Å². The Balaban J connectivity index is 2.15. The highest BCUT2D eigenvalue weighted by Crippen LogP contribution is 2.29. The van der Waals surface area contributed by atoms with Gasteiger partial charge in [0.25, 0.3) is 0 Å². The number of anilines is 1. The van der Waals surface area contributed by atoms with Crippen molar-refractivity contribution in [3.05, 3.63) is 5.69 Å². The Morgan fingerprint density at radius 1 is 1.50 bits per heavy atom. The summed E-state index contributed by atoms with van der Waals surface area (Å²) in [5.41, 5.74) is 6.88. The summed E-state index contributed by atoms with van der Waals surface area (Å²) in [5.74, 6) is 1.80. The van der Waals surface area contributed by atoms with E-state index < -0.39 is 0 Å². The lowest BCUT2D eigenvalue weighted by Gasteiger charge is -2.25. The number of nitrogens with two attached hydrogens (primary N) is 1. The molecule has 0 radical (unpaired) electrons. The monoisotopic (exact) mass is 194 g/mol. The Morgan fingerprint density at radius 2 is 2.21 bits per heavy atom. The lowest BCUT2D eigenvalue weighted by Crippen LogP contribution is -2.20. The lowest BCUT2D eigenvalue weighted by molar-refractivity contribution is 0.260. The van der Waals surface area contributed by atoms with E-state index in [0.29, 0.717) is 11.7 Å². The molecule has 0 bridgehead atoms. The van der Waals surface area contributed by atoms with Crippen LogP contribution in [0.4, 0.5) is 5.82 Å². The predicted molar refractivity (Wildman–Crippen MR) is 55.9 cm³/mol. The van der Waals surface area contributed by atoms with Gasteiger partial charge in [0.2, 0.25) is 0 Å². The van der Waals surface area contributed by atoms with Crippen molar-refractivity contribution in [2.45, 2.75) is 45.6 Å². The number of rotatable bonds is 3. The van der Waals surface area contributed by atoms with Gasteiger partial charge in [-0.2, -0.15) is 0 Å². The Labute approximate surface area is 84.5 Å². The zero-order valence-electron chi connectivity index (χ0n) is 8.90. The molecular formula is C10H18N4. The van der Waals surface area contributed by atoms with Crippen LogP contribution in [-0.2, 0) is 6.54 Å². The summed E-state index contributed by atoms with van der Waals surface area (Å²) in [6, 6.07) is 0. The predicted octanol–water partition coefficient (Wildman–Crippen LogP) is 1.78. The van der Waals surface area contributed by atoms with Gasteiger partial charge in [-0.25, -0.2) is 4.68 Å². The van der Waals surface area contributed by atoms with Gasteiger partial charge in [0, 0.05) is 6.54 Å². The van der Waals surface area contributed by atoms with Crippen LogP contribution in [-0.4, -0.2) is 15.0 Å². The molecule has 78 valence electrons. The number of aromatic nitrogens is 3. The van der Waals surface area contributed by atoms with Crippen LogP contribution in [0.3, 0.4) is 0 Å². The average Bonchev–Trinajstić information content (AvgIpc) is 2.39. The molecule has 0 unspecified atom stereocenters. The molecule has 0 atom stereocenters. The molecule has 1 aromatic rings. The summed E-state index contributed by atoms with van der Waals surface area (Å²) in [4.78, 5) is 0. The fraction of sp³-hybridized carbons (Fsp3) is 0.800. The molecule has 1 aliphatic rings. The van der Waals surface area contributed by atoms with Crippen molar-refractivity contribution in [3.63, 3.8) is 0 Å². The van der Waals surface area contributed by atoms with Crippen LogP contribution in [0, 0.1) is 5.92 Å². The second kappa shape index (κ2) is 3.59. The van der Waals surface area contributed by atoms with Gasteiger partial charge in [0.15, 0.2) is 5.82 Å². The first-order valence-electron chi connectivity index (χ1n) is 5.37. The molecule has 1 aromatic heterocycles. The van der Waals surface area contributed by atoms with Gasteiger partial charge in [-0.05, 0) is 24.7 Å². The van der Waals surface area contributed by atoms with Crippen LogP contribution >= 0.6 is 0 Å². The molecule has 4 nitrogen and oxygen atoms in total. The van der Waals surface area contributed by atoms with Gasteiger partial charge in [-0.15, -0.1) is 5.10 Å². The zero-order chi connectivity index (χ0) is 10.1. The summed E-state index contributed by atoms with van der Waals surface area (Å²) in [6.07, 6.45) is 4.03. The van der Waals surface area contributed by atoms with Crippen LogP contribution < -0.4 is 5.73 Å². The highest BCUT2D eigenvalue weighted by molar-refractivity contribution is 5.35. The van der Waals surface area contributed by atoms with E-state index in [9.17, 15) is 0 Å². The smallest absolute Gasteiger partial charge is 0.169 e. The molecule has 1 aliphatic carbocycles. The third-order valence-electron chi connectivity index (χ3n) is 3.00. The van der Waals surface area contributed by atoms with Gasteiger partial charge in [0.1, 0.15) is 0 Å². The van der Waals surface area contributed by atoms with Gasteiger partial charge in [0.05, 0.1) is 5.69 Å². The molecule has 0 saturated heterocycles. The Morgan fingerprint density at radius 3 is 2.71 bits per heavy atom. The molecule has 1 saturated carbocycles.